The monoisotopic (exact) mass is 282 g/mol. The van der Waals surface area contributed by atoms with Gasteiger partial charge in [-0.05, 0) is 52.5 Å². The second-order valence-electron chi connectivity index (χ2n) is 7.36. The molecule has 2 saturated carbocycles. The molecule has 20 heavy (non-hydrogen) atoms. The van der Waals surface area contributed by atoms with Gasteiger partial charge < -0.3 is 15.4 Å². The first-order valence-corrected chi connectivity index (χ1v) is 8.17. The second kappa shape index (κ2) is 6.79. The van der Waals surface area contributed by atoms with Crippen LogP contribution in [-0.2, 0) is 4.74 Å². The van der Waals surface area contributed by atoms with Gasteiger partial charge in [0.1, 0.15) is 5.60 Å². The van der Waals surface area contributed by atoms with Gasteiger partial charge in [0, 0.05) is 12.1 Å². The minimum atomic E-state index is -0.414. The summed E-state index contributed by atoms with van der Waals surface area (Å²) >= 11 is 0. The average molecular weight is 282 g/mol. The summed E-state index contributed by atoms with van der Waals surface area (Å²) in [4.78, 5) is 11.6. The molecule has 2 atom stereocenters. The van der Waals surface area contributed by atoms with E-state index in [4.69, 9.17) is 4.74 Å². The van der Waals surface area contributed by atoms with Crippen molar-refractivity contribution in [3.05, 3.63) is 0 Å². The number of alkyl carbamates (subject to hydrolysis) is 1. The lowest BCUT2D eigenvalue weighted by atomic mass is 10.0. The Hall–Kier alpha value is -0.770. The first-order valence-electron chi connectivity index (χ1n) is 8.17. The molecule has 0 aromatic rings. The number of nitrogens with one attached hydrogen (secondary N) is 2. The summed E-state index contributed by atoms with van der Waals surface area (Å²) in [6.07, 6.45) is 9.06. The van der Waals surface area contributed by atoms with E-state index in [2.05, 4.69) is 10.6 Å². The molecule has 2 N–H and O–H groups in total. The second-order valence-corrected chi connectivity index (χ2v) is 7.36. The highest BCUT2D eigenvalue weighted by Gasteiger charge is 2.39. The largest absolute Gasteiger partial charge is 0.444 e. The lowest BCUT2D eigenvalue weighted by Gasteiger charge is -2.20. The van der Waals surface area contributed by atoms with Gasteiger partial charge in [0.2, 0.25) is 0 Å². The van der Waals surface area contributed by atoms with E-state index in [0.29, 0.717) is 6.04 Å². The van der Waals surface area contributed by atoms with E-state index in [1.807, 2.05) is 20.8 Å². The van der Waals surface area contributed by atoms with Crippen LogP contribution in [0.3, 0.4) is 0 Å². The molecule has 0 radical (unpaired) electrons. The van der Waals surface area contributed by atoms with Crippen LogP contribution in [0.1, 0.15) is 65.7 Å². The van der Waals surface area contributed by atoms with Crippen LogP contribution in [0.2, 0.25) is 0 Å². The fraction of sp³-hybridized carbons (Fsp3) is 0.938. The third-order valence-corrected chi connectivity index (χ3v) is 4.14. The Kier molecular flexibility index (Phi) is 5.30. The molecule has 0 bridgehead atoms. The van der Waals surface area contributed by atoms with Crippen LogP contribution < -0.4 is 10.6 Å². The zero-order chi connectivity index (χ0) is 14.6. The molecule has 0 saturated heterocycles. The molecule has 0 heterocycles. The zero-order valence-corrected chi connectivity index (χ0v) is 13.2. The molecule has 1 amide bonds. The maximum Gasteiger partial charge on any atom is 0.407 e. The van der Waals surface area contributed by atoms with Gasteiger partial charge in [-0.1, -0.05) is 25.7 Å². The van der Waals surface area contributed by atoms with Gasteiger partial charge in [0.15, 0.2) is 0 Å². The molecule has 2 aliphatic rings. The maximum absolute atomic E-state index is 11.6. The minimum absolute atomic E-state index is 0.260. The first-order chi connectivity index (χ1) is 9.44. The molecular formula is C16H30N2O2. The van der Waals surface area contributed by atoms with Gasteiger partial charge in [0.25, 0.3) is 0 Å². The Balaban J connectivity index is 1.59. The minimum Gasteiger partial charge on any atom is -0.444 e. The molecule has 0 spiro atoms. The van der Waals surface area contributed by atoms with Gasteiger partial charge in [-0.3, -0.25) is 0 Å². The molecule has 4 nitrogen and oxygen atoms in total. The average Bonchev–Trinajstić information content (AvgIpc) is 3.07. The summed E-state index contributed by atoms with van der Waals surface area (Å²) in [6, 6.07) is 0.710. The van der Waals surface area contributed by atoms with Crippen molar-refractivity contribution < 1.29 is 9.53 Å². The zero-order valence-electron chi connectivity index (χ0n) is 13.2. The van der Waals surface area contributed by atoms with Gasteiger partial charge in [0.05, 0.1) is 0 Å². The van der Waals surface area contributed by atoms with Gasteiger partial charge in [-0.15, -0.1) is 0 Å². The number of carbonyl (C=O) groups is 1. The molecule has 2 unspecified atom stereocenters. The summed E-state index contributed by atoms with van der Waals surface area (Å²) in [5.74, 6) is 0.834. The summed E-state index contributed by atoms with van der Waals surface area (Å²) in [5.41, 5.74) is -0.414. The van der Waals surface area contributed by atoms with Gasteiger partial charge in [-0.2, -0.15) is 0 Å². The topological polar surface area (TPSA) is 50.4 Å². The van der Waals surface area contributed by atoms with Crippen LogP contribution >= 0.6 is 0 Å². The molecule has 0 aromatic heterocycles. The standard InChI is InChI=1S/C16H30N2O2/c1-16(2,3)20-15(19)18-14-10-13(14)17-11-12-8-6-4-5-7-9-12/h12-14,17H,4-11H2,1-3H3,(H,18,19). The molecule has 4 heteroatoms. The van der Waals surface area contributed by atoms with E-state index in [1.165, 1.54) is 38.5 Å². The predicted molar refractivity (Wildman–Crippen MR) is 80.8 cm³/mol. The molecule has 2 fully saturated rings. The summed E-state index contributed by atoms with van der Waals surface area (Å²) in [6.45, 7) is 6.78. The fourth-order valence-electron chi connectivity index (χ4n) is 2.93. The quantitative estimate of drug-likeness (QED) is 0.778. The van der Waals surface area contributed by atoms with Crippen LogP contribution in [0.5, 0.6) is 0 Å². The Morgan fingerprint density at radius 1 is 1.10 bits per heavy atom. The van der Waals surface area contributed by atoms with E-state index >= 15 is 0 Å². The van der Waals surface area contributed by atoms with Crippen LogP contribution in [0.15, 0.2) is 0 Å². The van der Waals surface area contributed by atoms with E-state index in [0.717, 1.165) is 18.9 Å². The summed E-state index contributed by atoms with van der Waals surface area (Å²) in [5, 5.41) is 6.54. The van der Waals surface area contributed by atoms with E-state index in [9.17, 15) is 4.79 Å². The maximum atomic E-state index is 11.6. The number of amides is 1. The van der Waals surface area contributed by atoms with Crippen molar-refractivity contribution in [2.45, 2.75) is 83.4 Å². The van der Waals surface area contributed by atoms with Crippen LogP contribution in [0, 0.1) is 5.92 Å². The van der Waals surface area contributed by atoms with Crippen molar-refractivity contribution in [1.82, 2.24) is 10.6 Å². The number of hydrogen-bond acceptors (Lipinski definition) is 3. The van der Waals surface area contributed by atoms with Crippen molar-refractivity contribution in [3.8, 4) is 0 Å². The number of rotatable bonds is 4. The van der Waals surface area contributed by atoms with E-state index < -0.39 is 5.60 Å². The number of ether oxygens (including phenoxy) is 1. The van der Waals surface area contributed by atoms with Crippen molar-refractivity contribution in [2.24, 2.45) is 5.92 Å². The molecule has 2 aliphatic carbocycles. The third-order valence-electron chi connectivity index (χ3n) is 4.14. The normalized spacial score (nSPS) is 27.8. The van der Waals surface area contributed by atoms with Crippen molar-refractivity contribution in [2.75, 3.05) is 6.54 Å². The van der Waals surface area contributed by atoms with E-state index in [1.54, 1.807) is 0 Å². The van der Waals surface area contributed by atoms with Gasteiger partial charge >= 0.3 is 6.09 Å². The summed E-state index contributed by atoms with van der Waals surface area (Å²) in [7, 11) is 0. The van der Waals surface area contributed by atoms with Crippen LogP contribution in [-0.4, -0.2) is 30.3 Å². The van der Waals surface area contributed by atoms with Crippen molar-refractivity contribution >= 4 is 6.09 Å². The predicted octanol–water partition coefficient (Wildman–Crippen LogP) is 3.21. The Morgan fingerprint density at radius 3 is 2.35 bits per heavy atom. The van der Waals surface area contributed by atoms with Crippen molar-refractivity contribution in [3.63, 3.8) is 0 Å². The number of carbonyl (C=O) groups excluding carboxylic acids is 1. The Labute approximate surface area is 123 Å². The SMILES string of the molecule is CC(C)(C)OC(=O)NC1CC1NCC1CCCCCC1. The highest BCUT2D eigenvalue weighted by molar-refractivity contribution is 5.68. The van der Waals surface area contributed by atoms with E-state index in [-0.39, 0.29) is 12.1 Å². The smallest absolute Gasteiger partial charge is 0.407 e. The van der Waals surface area contributed by atoms with Crippen LogP contribution in [0.25, 0.3) is 0 Å². The number of hydrogen-bond donors (Lipinski definition) is 2. The lowest BCUT2D eigenvalue weighted by Crippen LogP contribution is -2.37. The lowest BCUT2D eigenvalue weighted by molar-refractivity contribution is 0.0522. The Morgan fingerprint density at radius 2 is 1.75 bits per heavy atom. The molecule has 116 valence electrons. The fourth-order valence-corrected chi connectivity index (χ4v) is 2.93. The highest BCUT2D eigenvalue weighted by atomic mass is 16.6. The molecular weight excluding hydrogens is 252 g/mol. The molecule has 0 aromatic carbocycles. The van der Waals surface area contributed by atoms with Gasteiger partial charge in [-0.25, -0.2) is 4.79 Å². The third kappa shape index (κ3) is 5.70. The van der Waals surface area contributed by atoms with Crippen LogP contribution in [0.4, 0.5) is 4.79 Å². The highest BCUT2D eigenvalue weighted by Crippen LogP contribution is 2.25. The summed E-state index contributed by atoms with van der Waals surface area (Å²) < 4.78 is 5.27. The Bertz CT molecular complexity index is 317. The molecule has 0 aliphatic heterocycles. The van der Waals surface area contributed by atoms with Crippen molar-refractivity contribution in [1.29, 1.82) is 0 Å². The molecule has 2 rings (SSSR count). The first kappa shape index (κ1) is 15.6.